The van der Waals surface area contributed by atoms with Crippen molar-refractivity contribution in [3.8, 4) is 10.6 Å². The number of hydrogen-bond donors (Lipinski definition) is 1. The Morgan fingerprint density at radius 3 is 3.25 bits per heavy atom. The lowest BCUT2D eigenvalue weighted by molar-refractivity contribution is 0.180. The highest BCUT2D eigenvalue weighted by Crippen LogP contribution is 2.40. The van der Waals surface area contributed by atoms with E-state index >= 15 is 0 Å². The van der Waals surface area contributed by atoms with Crippen molar-refractivity contribution in [2.24, 2.45) is 0 Å². The minimum Gasteiger partial charge on any atom is -0.388 e. The van der Waals surface area contributed by atoms with Crippen molar-refractivity contribution in [1.82, 2.24) is 9.78 Å². The largest absolute Gasteiger partial charge is 0.388 e. The van der Waals surface area contributed by atoms with Crippen LogP contribution in [0.4, 0.5) is 0 Å². The maximum Gasteiger partial charge on any atom is 0.0804 e. The monoisotopic (exact) mass is 234 g/mol. The maximum absolute atomic E-state index is 9.80. The van der Waals surface area contributed by atoms with Crippen LogP contribution >= 0.6 is 11.3 Å². The zero-order valence-electron chi connectivity index (χ0n) is 9.18. The quantitative estimate of drug-likeness (QED) is 0.867. The van der Waals surface area contributed by atoms with Gasteiger partial charge in [0.25, 0.3) is 0 Å². The van der Waals surface area contributed by atoms with Gasteiger partial charge in [-0.3, -0.25) is 4.68 Å². The van der Waals surface area contributed by atoms with Crippen LogP contribution in [-0.4, -0.2) is 14.9 Å². The van der Waals surface area contributed by atoms with Gasteiger partial charge in [0.2, 0.25) is 0 Å². The average Bonchev–Trinajstić information content (AvgIpc) is 2.95. The third kappa shape index (κ3) is 1.41. The molecule has 0 bridgehead atoms. The third-order valence-electron chi connectivity index (χ3n) is 3.11. The van der Waals surface area contributed by atoms with Crippen LogP contribution in [0.5, 0.6) is 0 Å². The predicted molar refractivity (Wildman–Crippen MR) is 64.5 cm³/mol. The van der Waals surface area contributed by atoms with Crippen molar-refractivity contribution < 1.29 is 5.11 Å². The number of thiophene rings is 1. The molecule has 4 heteroatoms. The minimum atomic E-state index is -0.252. The number of aliphatic hydroxyl groups is 1. The van der Waals surface area contributed by atoms with Crippen LogP contribution in [0.15, 0.2) is 18.3 Å². The minimum absolute atomic E-state index is 0.252. The fraction of sp³-hybridized carbons (Fsp3) is 0.417. The van der Waals surface area contributed by atoms with Gasteiger partial charge in [0, 0.05) is 17.6 Å². The Bertz CT molecular complexity index is 515. The fourth-order valence-electron chi connectivity index (χ4n) is 2.26. The second kappa shape index (κ2) is 3.71. The lowest BCUT2D eigenvalue weighted by atomic mass is 10.2. The predicted octanol–water partition coefficient (Wildman–Crippen LogP) is 2.61. The standard InChI is InChI=1S/C12H14N2OS/c1-2-14-9(5-6-13-14)12-7-8-10(15)3-4-11(8)16-12/h5-7,10,15H,2-4H2,1H3. The van der Waals surface area contributed by atoms with Crippen LogP contribution < -0.4 is 0 Å². The molecule has 0 aromatic carbocycles. The van der Waals surface area contributed by atoms with Crippen LogP contribution in [0.2, 0.25) is 0 Å². The topological polar surface area (TPSA) is 38.0 Å². The first-order valence-electron chi connectivity index (χ1n) is 5.62. The van der Waals surface area contributed by atoms with Gasteiger partial charge in [-0.15, -0.1) is 11.3 Å². The maximum atomic E-state index is 9.80. The van der Waals surface area contributed by atoms with Crippen molar-refractivity contribution in [3.05, 3.63) is 28.8 Å². The van der Waals surface area contributed by atoms with Gasteiger partial charge in [0.1, 0.15) is 0 Å². The summed E-state index contributed by atoms with van der Waals surface area (Å²) in [6, 6.07) is 4.16. The number of aromatic nitrogens is 2. The van der Waals surface area contributed by atoms with Gasteiger partial charge >= 0.3 is 0 Å². The summed E-state index contributed by atoms with van der Waals surface area (Å²) in [6.07, 6.45) is 3.48. The van der Waals surface area contributed by atoms with Crippen LogP contribution in [0.25, 0.3) is 10.6 Å². The molecule has 1 N–H and O–H groups in total. The number of aliphatic hydroxyl groups excluding tert-OH is 1. The summed E-state index contributed by atoms with van der Waals surface area (Å²) in [4.78, 5) is 2.56. The van der Waals surface area contributed by atoms with Crippen molar-refractivity contribution in [3.63, 3.8) is 0 Å². The Morgan fingerprint density at radius 2 is 2.50 bits per heavy atom. The highest BCUT2D eigenvalue weighted by molar-refractivity contribution is 7.15. The molecule has 2 aromatic heterocycles. The van der Waals surface area contributed by atoms with E-state index in [-0.39, 0.29) is 6.10 Å². The smallest absolute Gasteiger partial charge is 0.0804 e. The molecular weight excluding hydrogens is 220 g/mol. The summed E-state index contributed by atoms with van der Waals surface area (Å²) >= 11 is 1.79. The van der Waals surface area contributed by atoms with E-state index in [1.165, 1.54) is 9.75 Å². The number of hydrogen-bond acceptors (Lipinski definition) is 3. The van der Waals surface area contributed by atoms with E-state index in [4.69, 9.17) is 0 Å². The first kappa shape index (κ1) is 10.1. The highest BCUT2D eigenvalue weighted by atomic mass is 32.1. The summed E-state index contributed by atoms with van der Waals surface area (Å²) in [5.74, 6) is 0. The SMILES string of the molecule is CCn1nccc1-c1cc2c(s1)CCC2O. The molecule has 3 nitrogen and oxygen atoms in total. The molecule has 0 spiro atoms. The normalized spacial score (nSPS) is 19.0. The van der Waals surface area contributed by atoms with Gasteiger partial charge in [0.05, 0.1) is 16.7 Å². The number of rotatable bonds is 2. The Labute approximate surface area is 98.3 Å². The lowest BCUT2D eigenvalue weighted by Crippen LogP contribution is -1.97. The van der Waals surface area contributed by atoms with Crippen molar-refractivity contribution >= 4 is 11.3 Å². The van der Waals surface area contributed by atoms with E-state index in [0.29, 0.717) is 0 Å². The Balaban J connectivity index is 2.05. The summed E-state index contributed by atoms with van der Waals surface area (Å²) < 4.78 is 1.99. The van der Waals surface area contributed by atoms with Crippen LogP contribution in [0, 0.1) is 0 Å². The Kier molecular flexibility index (Phi) is 2.33. The third-order valence-corrected chi connectivity index (χ3v) is 4.35. The van der Waals surface area contributed by atoms with Crippen molar-refractivity contribution in [2.45, 2.75) is 32.4 Å². The molecule has 1 unspecified atom stereocenters. The molecule has 0 amide bonds. The summed E-state index contributed by atoms with van der Waals surface area (Å²) in [5, 5.41) is 14.1. The fourth-order valence-corrected chi connectivity index (χ4v) is 3.53. The number of fused-ring (bicyclic) bond motifs is 1. The molecule has 0 saturated carbocycles. The molecule has 0 radical (unpaired) electrons. The molecule has 16 heavy (non-hydrogen) atoms. The van der Waals surface area contributed by atoms with E-state index in [1.807, 2.05) is 16.9 Å². The molecule has 0 saturated heterocycles. The first-order valence-corrected chi connectivity index (χ1v) is 6.44. The van der Waals surface area contributed by atoms with E-state index in [1.54, 1.807) is 11.3 Å². The summed E-state index contributed by atoms with van der Waals surface area (Å²) in [5.41, 5.74) is 2.29. The highest BCUT2D eigenvalue weighted by Gasteiger charge is 2.24. The molecule has 84 valence electrons. The van der Waals surface area contributed by atoms with Crippen LogP contribution in [0.3, 0.4) is 0 Å². The molecule has 2 heterocycles. The van der Waals surface area contributed by atoms with Crippen LogP contribution in [-0.2, 0) is 13.0 Å². The number of nitrogens with zero attached hydrogens (tertiary/aromatic N) is 2. The molecule has 0 aliphatic heterocycles. The van der Waals surface area contributed by atoms with Gasteiger partial charge in [-0.25, -0.2) is 0 Å². The van der Waals surface area contributed by atoms with Gasteiger partial charge in [-0.05, 0) is 37.5 Å². The van der Waals surface area contributed by atoms with Crippen LogP contribution in [0.1, 0.15) is 29.9 Å². The Morgan fingerprint density at radius 1 is 1.62 bits per heavy atom. The van der Waals surface area contributed by atoms with Gasteiger partial charge in [-0.2, -0.15) is 5.10 Å². The van der Waals surface area contributed by atoms with Gasteiger partial charge in [0.15, 0.2) is 0 Å². The van der Waals surface area contributed by atoms with E-state index < -0.39 is 0 Å². The summed E-state index contributed by atoms with van der Waals surface area (Å²) in [6.45, 7) is 2.97. The van der Waals surface area contributed by atoms with E-state index in [9.17, 15) is 5.11 Å². The zero-order valence-corrected chi connectivity index (χ0v) is 10.00. The summed E-state index contributed by atoms with van der Waals surface area (Å²) in [7, 11) is 0. The molecule has 2 aromatic rings. The van der Waals surface area contributed by atoms with E-state index in [2.05, 4.69) is 18.1 Å². The first-order chi connectivity index (χ1) is 7.79. The second-order valence-electron chi connectivity index (χ2n) is 4.08. The molecule has 3 rings (SSSR count). The van der Waals surface area contributed by atoms with Crippen molar-refractivity contribution in [1.29, 1.82) is 0 Å². The van der Waals surface area contributed by atoms with Gasteiger partial charge in [-0.1, -0.05) is 0 Å². The van der Waals surface area contributed by atoms with Crippen molar-refractivity contribution in [2.75, 3.05) is 0 Å². The molecule has 1 atom stereocenters. The molecular formula is C12H14N2OS. The number of aryl methyl sites for hydroxylation is 2. The molecule has 1 aliphatic rings. The van der Waals surface area contributed by atoms with Gasteiger partial charge < -0.3 is 5.11 Å². The lowest BCUT2D eigenvalue weighted by Gasteiger charge is -2.02. The second-order valence-corrected chi connectivity index (χ2v) is 5.21. The van der Waals surface area contributed by atoms with E-state index in [0.717, 1.165) is 30.6 Å². The zero-order chi connectivity index (χ0) is 11.1. The molecule has 0 fully saturated rings. The Hall–Kier alpha value is -1.13. The average molecular weight is 234 g/mol. The molecule has 1 aliphatic carbocycles.